The third-order valence-corrected chi connectivity index (χ3v) is 14.9. The monoisotopic (exact) mass is 880 g/mol. The van der Waals surface area contributed by atoms with Gasteiger partial charge in [-0.25, -0.2) is 9.98 Å². The molecule has 0 bridgehead atoms. The quantitative estimate of drug-likeness (QED) is 0.187. The molecule has 0 atom stereocenters. The van der Waals surface area contributed by atoms with E-state index in [1.165, 1.54) is 66.3 Å². The maximum Gasteiger partial charge on any atom is 0.170 e. The zero-order valence-corrected chi connectivity index (χ0v) is 37.3. The number of rotatable bonds is 5. The summed E-state index contributed by atoms with van der Waals surface area (Å²) in [6, 6.07) is 83.4. The van der Waals surface area contributed by atoms with E-state index in [-0.39, 0.29) is 0 Å². The van der Waals surface area contributed by atoms with Gasteiger partial charge in [-0.3, -0.25) is 0 Å². The minimum Gasteiger partial charge on any atom is -0.456 e. The first-order valence-corrected chi connectivity index (χ1v) is 23.7. The highest BCUT2D eigenvalue weighted by Gasteiger charge is 2.51. The van der Waals surface area contributed by atoms with Crippen LogP contribution in [-0.2, 0) is 5.41 Å². The second kappa shape index (κ2) is 14.5. The molecule has 5 nitrogen and oxygen atoms in total. The van der Waals surface area contributed by atoms with Crippen molar-refractivity contribution in [1.82, 2.24) is 9.88 Å². The summed E-state index contributed by atoms with van der Waals surface area (Å²) >= 11 is 0. The van der Waals surface area contributed by atoms with Gasteiger partial charge in [0.05, 0.1) is 16.4 Å². The van der Waals surface area contributed by atoms with E-state index in [0.29, 0.717) is 0 Å². The summed E-state index contributed by atoms with van der Waals surface area (Å²) < 4.78 is 9.05. The summed E-state index contributed by atoms with van der Waals surface area (Å²) in [5, 5.41) is 8.02. The smallest absolute Gasteiger partial charge is 0.170 e. The average Bonchev–Trinajstić information content (AvgIpc) is 4.14. The Morgan fingerprint density at radius 1 is 0.391 bits per heavy atom. The Bertz CT molecular complexity index is 4060. The van der Waals surface area contributed by atoms with Gasteiger partial charge in [0.1, 0.15) is 22.8 Å². The van der Waals surface area contributed by atoms with Crippen LogP contribution in [0.15, 0.2) is 245 Å². The molecule has 1 spiro atoms. The Hall–Kier alpha value is -9.06. The van der Waals surface area contributed by atoms with Crippen LogP contribution in [-0.4, -0.2) is 16.2 Å². The third kappa shape index (κ3) is 5.41. The molecule has 0 saturated heterocycles. The molecule has 12 aromatic rings. The molecule has 0 fully saturated rings. The highest BCUT2D eigenvalue weighted by molar-refractivity contribution is 6.17. The van der Waals surface area contributed by atoms with Crippen LogP contribution in [0.25, 0.3) is 82.8 Å². The molecule has 3 heterocycles. The van der Waals surface area contributed by atoms with E-state index in [4.69, 9.17) is 14.4 Å². The van der Waals surface area contributed by atoms with Crippen molar-refractivity contribution in [3.05, 3.63) is 269 Å². The minimum absolute atomic E-state index is 0.419. The number of fused-ring (bicyclic) bond motifs is 16. The van der Waals surface area contributed by atoms with Gasteiger partial charge >= 0.3 is 0 Å². The Labute approximate surface area is 398 Å². The number of hydrogen-bond donors (Lipinski definition) is 1. The topological polar surface area (TPSA) is 54.8 Å². The first-order chi connectivity index (χ1) is 34.2. The van der Waals surface area contributed by atoms with E-state index >= 15 is 0 Å². The SMILES string of the molecule is c1ccc(C2=NC(c3cccc4oc5ccc(-c6ccc7c(c6)c6ccccc6n7-c6ccc7c(c6)C6(c8ccccc8-c8ccccc86)c6ccccc6-7)cc5c34)N=C(c3ccccc3)N2)cc1. The molecule has 1 aliphatic heterocycles. The summed E-state index contributed by atoms with van der Waals surface area (Å²) in [7, 11) is 0. The van der Waals surface area contributed by atoms with Gasteiger partial charge in [0, 0.05) is 43.9 Å². The fraction of sp³-hybridized carbons (Fsp3) is 0.0312. The van der Waals surface area contributed by atoms with Crippen molar-refractivity contribution in [2.24, 2.45) is 9.98 Å². The second-order valence-corrected chi connectivity index (χ2v) is 18.4. The second-order valence-electron chi connectivity index (χ2n) is 18.4. The number of nitrogens with zero attached hydrogens (tertiary/aromatic N) is 3. The van der Waals surface area contributed by atoms with Gasteiger partial charge in [-0.05, 0) is 104 Å². The number of hydrogen-bond acceptors (Lipinski definition) is 4. The lowest BCUT2D eigenvalue weighted by Crippen LogP contribution is -2.36. The van der Waals surface area contributed by atoms with Crippen LogP contribution >= 0.6 is 0 Å². The molecule has 3 aliphatic rings. The first kappa shape index (κ1) is 38.1. The van der Waals surface area contributed by atoms with E-state index in [0.717, 1.165) is 67.1 Å². The van der Waals surface area contributed by atoms with Crippen LogP contribution in [0, 0.1) is 0 Å². The lowest BCUT2D eigenvalue weighted by Gasteiger charge is -2.30. The highest BCUT2D eigenvalue weighted by Crippen LogP contribution is 2.63. The van der Waals surface area contributed by atoms with Crippen molar-refractivity contribution in [3.8, 4) is 39.1 Å². The van der Waals surface area contributed by atoms with Gasteiger partial charge in [-0.2, -0.15) is 0 Å². The van der Waals surface area contributed by atoms with Gasteiger partial charge in [0.15, 0.2) is 6.17 Å². The van der Waals surface area contributed by atoms with Crippen molar-refractivity contribution in [2.75, 3.05) is 0 Å². The lowest BCUT2D eigenvalue weighted by molar-refractivity contribution is 0.667. The zero-order valence-electron chi connectivity index (χ0n) is 37.3. The molecule has 0 radical (unpaired) electrons. The van der Waals surface area contributed by atoms with Gasteiger partial charge in [-0.15, -0.1) is 0 Å². The molecule has 0 saturated carbocycles. The molecular weight excluding hydrogens is 841 g/mol. The number of benzene rings is 10. The molecule has 2 aliphatic carbocycles. The van der Waals surface area contributed by atoms with Gasteiger partial charge in [0.2, 0.25) is 0 Å². The summed E-state index contributed by atoms with van der Waals surface area (Å²) in [4.78, 5) is 10.5. The number of aromatic nitrogens is 1. The standard InChI is InChI=1S/C64H40N4O/c1-3-16-39(17-4-1)61-65-62(40-18-5-2-6-19-40)67-63(66-61)49-24-15-29-59-60(49)51-37-42(31-35-58(51)69-59)41-30-34-57-50(36-41)48-23-10-14-28-56(48)68(57)43-32-33-47-46-22-9-13-27-54(46)64(55(47)38-43)52-25-11-7-20-44(52)45-21-8-12-26-53(45)64/h1-38,63H,(H,65,66,67). The Morgan fingerprint density at radius 3 is 1.61 bits per heavy atom. The molecule has 15 rings (SSSR count). The summed E-state index contributed by atoms with van der Waals surface area (Å²) in [6.07, 6.45) is -0.492. The molecule has 2 aromatic heterocycles. The molecule has 0 amide bonds. The van der Waals surface area contributed by atoms with Gasteiger partial charge in [-0.1, -0.05) is 182 Å². The van der Waals surface area contributed by atoms with Crippen LogP contribution in [0.4, 0.5) is 0 Å². The first-order valence-electron chi connectivity index (χ1n) is 23.7. The number of para-hydroxylation sites is 1. The maximum absolute atomic E-state index is 6.59. The average molecular weight is 881 g/mol. The minimum atomic E-state index is -0.492. The lowest BCUT2D eigenvalue weighted by atomic mass is 9.70. The number of amidine groups is 2. The van der Waals surface area contributed by atoms with Crippen molar-refractivity contribution in [1.29, 1.82) is 0 Å². The van der Waals surface area contributed by atoms with Gasteiger partial charge in [0.25, 0.3) is 0 Å². The Balaban J connectivity index is 0.882. The van der Waals surface area contributed by atoms with Crippen molar-refractivity contribution in [3.63, 3.8) is 0 Å². The van der Waals surface area contributed by atoms with Crippen LogP contribution in [0.5, 0.6) is 0 Å². The predicted molar refractivity (Wildman–Crippen MR) is 282 cm³/mol. The normalized spacial score (nSPS) is 14.4. The third-order valence-electron chi connectivity index (χ3n) is 14.9. The zero-order chi connectivity index (χ0) is 45.2. The molecule has 69 heavy (non-hydrogen) atoms. The largest absolute Gasteiger partial charge is 0.456 e. The van der Waals surface area contributed by atoms with E-state index in [1.807, 2.05) is 48.5 Å². The van der Waals surface area contributed by atoms with Crippen LogP contribution < -0.4 is 5.32 Å². The van der Waals surface area contributed by atoms with Crippen molar-refractivity contribution in [2.45, 2.75) is 11.6 Å². The number of furan rings is 1. The molecule has 5 heteroatoms. The van der Waals surface area contributed by atoms with Crippen molar-refractivity contribution >= 4 is 55.4 Å². The summed E-state index contributed by atoms with van der Waals surface area (Å²) in [5.74, 6) is 1.57. The molecule has 0 unspecified atom stereocenters. The fourth-order valence-electron chi connectivity index (χ4n) is 12.0. The molecule has 1 N–H and O–H groups in total. The van der Waals surface area contributed by atoms with Crippen LogP contribution in [0.2, 0.25) is 0 Å². The highest BCUT2D eigenvalue weighted by atomic mass is 16.3. The fourth-order valence-corrected chi connectivity index (χ4v) is 12.0. The van der Waals surface area contributed by atoms with E-state index < -0.39 is 11.6 Å². The summed E-state index contributed by atoms with van der Waals surface area (Å²) in [5.41, 5.74) is 20.6. The van der Waals surface area contributed by atoms with Crippen molar-refractivity contribution < 1.29 is 4.42 Å². The van der Waals surface area contributed by atoms with Crippen LogP contribution in [0.1, 0.15) is 45.1 Å². The summed E-state index contributed by atoms with van der Waals surface area (Å²) in [6.45, 7) is 0. The Morgan fingerprint density at radius 2 is 0.942 bits per heavy atom. The predicted octanol–water partition coefficient (Wildman–Crippen LogP) is 15.2. The molecule has 10 aromatic carbocycles. The number of nitrogens with one attached hydrogen (secondary N) is 1. The molecular formula is C64H40N4O. The van der Waals surface area contributed by atoms with Gasteiger partial charge < -0.3 is 14.3 Å². The van der Waals surface area contributed by atoms with E-state index in [9.17, 15) is 0 Å². The molecule has 322 valence electrons. The maximum atomic E-state index is 6.59. The number of aliphatic imine (C=N–C) groups is 2. The Kier molecular flexibility index (Phi) is 7.99. The van der Waals surface area contributed by atoms with E-state index in [2.05, 4.69) is 192 Å². The van der Waals surface area contributed by atoms with E-state index in [1.54, 1.807) is 0 Å². The van der Waals surface area contributed by atoms with Crippen LogP contribution in [0.3, 0.4) is 0 Å².